The molecule has 0 aliphatic heterocycles. The lowest BCUT2D eigenvalue weighted by Gasteiger charge is -2.07. The van der Waals surface area contributed by atoms with Crippen LogP contribution in [0.15, 0.2) is 36.7 Å². The van der Waals surface area contributed by atoms with Gasteiger partial charge in [-0.1, -0.05) is 19.1 Å². The van der Waals surface area contributed by atoms with Crippen molar-refractivity contribution in [3.63, 3.8) is 0 Å². The fourth-order valence-corrected chi connectivity index (χ4v) is 1.50. The molecule has 2 N–H and O–H groups in total. The van der Waals surface area contributed by atoms with Crippen LogP contribution >= 0.6 is 0 Å². The highest BCUT2D eigenvalue weighted by atomic mass is 19.1. The largest absolute Gasteiger partial charge is 0.321 e. The summed E-state index contributed by atoms with van der Waals surface area (Å²) < 4.78 is 12.8. The lowest BCUT2D eigenvalue weighted by atomic mass is 10.1. The Morgan fingerprint density at radius 2 is 1.71 bits per heavy atom. The number of aromatic nitrogens is 2. The first-order chi connectivity index (χ1) is 8.20. The van der Waals surface area contributed by atoms with E-state index in [9.17, 15) is 4.39 Å². The molecule has 0 amide bonds. The number of benzene rings is 1. The first kappa shape index (κ1) is 11.7. The molecule has 0 saturated heterocycles. The number of nitrogens with zero attached hydrogens (tertiary/aromatic N) is 2. The molecule has 88 valence electrons. The second kappa shape index (κ2) is 5.01. The summed E-state index contributed by atoms with van der Waals surface area (Å²) >= 11 is 0. The van der Waals surface area contributed by atoms with Gasteiger partial charge in [0.1, 0.15) is 11.6 Å². The van der Waals surface area contributed by atoms with E-state index in [2.05, 4.69) is 9.97 Å². The summed E-state index contributed by atoms with van der Waals surface area (Å²) in [6.45, 7) is 1.99. The van der Waals surface area contributed by atoms with E-state index in [0.29, 0.717) is 5.82 Å². The predicted molar refractivity (Wildman–Crippen MR) is 64.6 cm³/mol. The molecule has 0 saturated carbocycles. The summed E-state index contributed by atoms with van der Waals surface area (Å²) in [5.41, 5.74) is 7.58. The van der Waals surface area contributed by atoms with E-state index in [0.717, 1.165) is 17.5 Å². The maximum absolute atomic E-state index is 12.8. The van der Waals surface area contributed by atoms with Crippen molar-refractivity contribution in [2.24, 2.45) is 5.73 Å². The highest BCUT2D eigenvalue weighted by molar-refractivity contribution is 5.61. The van der Waals surface area contributed by atoms with E-state index in [1.165, 1.54) is 12.1 Å². The van der Waals surface area contributed by atoms with Crippen LogP contribution in [0.1, 0.15) is 25.2 Å². The van der Waals surface area contributed by atoms with Crippen molar-refractivity contribution < 1.29 is 4.39 Å². The first-order valence-electron chi connectivity index (χ1n) is 5.54. The van der Waals surface area contributed by atoms with Gasteiger partial charge in [-0.15, -0.1) is 0 Å². The SMILES string of the molecule is CCC(N)c1ncc(-c2ccc(F)cc2)cn1. The summed E-state index contributed by atoms with van der Waals surface area (Å²) in [6, 6.07) is 6.11. The van der Waals surface area contributed by atoms with Crippen LogP contribution in [0.25, 0.3) is 11.1 Å². The number of hydrogen-bond donors (Lipinski definition) is 1. The molecule has 2 aromatic rings. The molecule has 0 fully saturated rings. The van der Waals surface area contributed by atoms with Crippen LogP contribution in [-0.2, 0) is 0 Å². The number of halogens is 1. The zero-order chi connectivity index (χ0) is 12.3. The molecule has 17 heavy (non-hydrogen) atoms. The Labute approximate surface area is 99.5 Å². The van der Waals surface area contributed by atoms with Gasteiger partial charge in [-0.2, -0.15) is 0 Å². The summed E-state index contributed by atoms with van der Waals surface area (Å²) in [4.78, 5) is 8.44. The van der Waals surface area contributed by atoms with Gasteiger partial charge in [0.15, 0.2) is 0 Å². The Morgan fingerprint density at radius 3 is 2.24 bits per heavy atom. The average Bonchev–Trinajstić information content (AvgIpc) is 2.39. The molecule has 0 spiro atoms. The third-order valence-corrected chi connectivity index (χ3v) is 2.62. The molecule has 1 unspecified atom stereocenters. The lowest BCUT2D eigenvalue weighted by Crippen LogP contribution is -2.12. The monoisotopic (exact) mass is 231 g/mol. The van der Waals surface area contributed by atoms with Gasteiger partial charge in [0, 0.05) is 18.0 Å². The smallest absolute Gasteiger partial charge is 0.144 e. The van der Waals surface area contributed by atoms with Gasteiger partial charge in [-0.3, -0.25) is 0 Å². The normalized spacial score (nSPS) is 12.4. The molecule has 4 heteroatoms. The molecule has 3 nitrogen and oxygen atoms in total. The summed E-state index contributed by atoms with van der Waals surface area (Å²) in [6.07, 6.45) is 4.23. The van der Waals surface area contributed by atoms with E-state index in [-0.39, 0.29) is 11.9 Å². The highest BCUT2D eigenvalue weighted by Crippen LogP contribution is 2.18. The molecule has 1 aromatic carbocycles. The van der Waals surface area contributed by atoms with Gasteiger partial charge >= 0.3 is 0 Å². The van der Waals surface area contributed by atoms with Crippen LogP contribution in [-0.4, -0.2) is 9.97 Å². The van der Waals surface area contributed by atoms with Crippen molar-refractivity contribution in [1.29, 1.82) is 0 Å². The highest BCUT2D eigenvalue weighted by Gasteiger charge is 2.06. The molecule has 1 atom stereocenters. The van der Waals surface area contributed by atoms with Crippen LogP contribution in [0.3, 0.4) is 0 Å². The molecule has 0 aliphatic carbocycles. The maximum atomic E-state index is 12.8. The predicted octanol–water partition coefficient (Wildman–Crippen LogP) is 2.69. The Bertz CT molecular complexity index is 479. The average molecular weight is 231 g/mol. The molecule has 0 bridgehead atoms. The van der Waals surface area contributed by atoms with Crippen molar-refractivity contribution in [3.05, 3.63) is 48.3 Å². The Balaban J connectivity index is 2.26. The maximum Gasteiger partial charge on any atom is 0.144 e. The molecule has 0 aliphatic rings. The van der Waals surface area contributed by atoms with Gasteiger partial charge in [0.2, 0.25) is 0 Å². The van der Waals surface area contributed by atoms with Crippen LogP contribution in [0.5, 0.6) is 0 Å². The van der Waals surface area contributed by atoms with E-state index >= 15 is 0 Å². The first-order valence-corrected chi connectivity index (χ1v) is 5.54. The molecule has 0 radical (unpaired) electrons. The number of hydrogen-bond acceptors (Lipinski definition) is 3. The lowest BCUT2D eigenvalue weighted by molar-refractivity contribution is 0.628. The van der Waals surface area contributed by atoms with E-state index < -0.39 is 0 Å². The van der Waals surface area contributed by atoms with Crippen molar-refractivity contribution in [2.45, 2.75) is 19.4 Å². The van der Waals surface area contributed by atoms with Crippen molar-refractivity contribution in [2.75, 3.05) is 0 Å². The number of nitrogens with two attached hydrogens (primary N) is 1. The Hall–Kier alpha value is -1.81. The van der Waals surface area contributed by atoms with Gasteiger partial charge in [0.25, 0.3) is 0 Å². The zero-order valence-electron chi connectivity index (χ0n) is 9.60. The van der Waals surface area contributed by atoms with Gasteiger partial charge < -0.3 is 5.73 Å². The minimum absolute atomic E-state index is 0.128. The van der Waals surface area contributed by atoms with Crippen LogP contribution in [0, 0.1) is 5.82 Å². The van der Waals surface area contributed by atoms with Gasteiger partial charge in [0.05, 0.1) is 6.04 Å². The molecule has 1 heterocycles. The Kier molecular flexibility index (Phi) is 3.44. The van der Waals surface area contributed by atoms with E-state index in [1.807, 2.05) is 6.92 Å². The standard InChI is InChI=1S/C13H14FN3/c1-2-12(15)13-16-7-10(8-17-13)9-3-5-11(14)6-4-9/h3-8,12H,2,15H2,1H3. The molecular weight excluding hydrogens is 217 g/mol. The van der Waals surface area contributed by atoms with Crippen molar-refractivity contribution >= 4 is 0 Å². The van der Waals surface area contributed by atoms with E-state index in [1.54, 1.807) is 24.5 Å². The second-order valence-corrected chi connectivity index (χ2v) is 3.85. The summed E-state index contributed by atoms with van der Waals surface area (Å²) in [5, 5.41) is 0. The topological polar surface area (TPSA) is 51.8 Å². The zero-order valence-corrected chi connectivity index (χ0v) is 9.60. The number of rotatable bonds is 3. The van der Waals surface area contributed by atoms with Gasteiger partial charge in [-0.25, -0.2) is 14.4 Å². The van der Waals surface area contributed by atoms with E-state index in [4.69, 9.17) is 5.73 Å². The third-order valence-electron chi connectivity index (χ3n) is 2.62. The molecule has 1 aromatic heterocycles. The molecule has 2 rings (SSSR count). The van der Waals surface area contributed by atoms with Crippen molar-refractivity contribution in [1.82, 2.24) is 9.97 Å². The Morgan fingerprint density at radius 1 is 1.12 bits per heavy atom. The van der Waals surface area contributed by atoms with Crippen LogP contribution in [0.2, 0.25) is 0 Å². The fourth-order valence-electron chi connectivity index (χ4n) is 1.50. The minimum atomic E-state index is -0.251. The quantitative estimate of drug-likeness (QED) is 0.883. The molecular formula is C13H14FN3. The van der Waals surface area contributed by atoms with Crippen LogP contribution in [0.4, 0.5) is 4.39 Å². The summed E-state index contributed by atoms with van der Waals surface area (Å²) in [5.74, 6) is 0.387. The minimum Gasteiger partial charge on any atom is -0.321 e. The van der Waals surface area contributed by atoms with Crippen molar-refractivity contribution in [3.8, 4) is 11.1 Å². The summed E-state index contributed by atoms with van der Waals surface area (Å²) in [7, 11) is 0. The second-order valence-electron chi connectivity index (χ2n) is 3.85. The third kappa shape index (κ3) is 2.65. The van der Waals surface area contributed by atoms with Gasteiger partial charge in [-0.05, 0) is 24.1 Å². The van der Waals surface area contributed by atoms with Crippen LogP contribution < -0.4 is 5.73 Å². The fraction of sp³-hybridized carbons (Fsp3) is 0.231.